The summed E-state index contributed by atoms with van der Waals surface area (Å²) in [5.41, 5.74) is 28.8. The Balaban J connectivity index is 1.97. The highest BCUT2D eigenvalue weighted by Crippen LogP contribution is 2.20. The molecule has 1 aromatic heterocycles. The van der Waals surface area contributed by atoms with E-state index in [1.165, 1.54) is 38.2 Å². The van der Waals surface area contributed by atoms with Gasteiger partial charge in [-0.15, -0.1) is 0 Å². The van der Waals surface area contributed by atoms with Gasteiger partial charge in [0.1, 0.15) is 42.0 Å². The summed E-state index contributed by atoms with van der Waals surface area (Å²) < 4.78 is 0. The van der Waals surface area contributed by atoms with Crippen molar-refractivity contribution in [3.63, 3.8) is 0 Å². The monoisotopic (exact) mass is 1050 g/mol. The van der Waals surface area contributed by atoms with Crippen molar-refractivity contribution in [2.24, 2.45) is 28.9 Å². The van der Waals surface area contributed by atoms with Crippen molar-refractivity contribution in [2.75, 3.05) is 39.8 Å². The number of benzene rings is 2. The molecule has 75 heavy (non-hydrogen) atoms. The SMILES string of the molecule is CC(C)CN(NC(=O)N(C)NC(=O)[C@H](CCCCN)NC(=O)[C@H](Cc1c[nH]c2ccccc12)NC(=O)[C@H](Cc1ccc(O)cc1)NC(=O)[C@H](CO)NC(=O)[C@H](CCCCN)NC(=O)[C@@H](N)[C@@H](C)O)C(=O)NCC(N)=O. The summed E-state index contributed by atoms with van der Waals surface area (Å²) in [4.78, 5) is 124. The van der Waals surface area contributed by atoms with Crippen LogP contribution in [0.25, 0.3) is 10.9 Å². The van der Waals surface area contributed by atoms with Gasteiger partial charge in [0.15, 0.2) is 0 Å². The van der Waals surface area contributed by atoms with Crippen LogP contribution in [0.5, 0.6) is 5.75 Å². The van der Waals surface area contributed by atoms with Gasteiger partial charge in [0, 0.05) is 43.5 Å². The molecule has 0 radical (unpaired) electrons. The summed E-state index contributed by atoms with van der Waals surface area (Å²) in [7, 11) is 1.19. The molecule has 0 aliphatic rings. The zero-order valence-corrected chi connectivity index (χ0v) is 42.7. The third-order valence-electron chi connectivity index (χ3n) is 11.6. The van der Waals surface area contributed by atoms with Crippen LogP contribution >= 0.6 is 0 Å². The van der Waals surface area contributed by atoms with Crippen LogP contribution in [0.15, 0.2) is 54.7 Å². The number of phenols is 1. The quantitative estimate of drug-likeness (QED) is 0.0240. The zero-order chi connectivity index (χ0) is 55.8. The molecule has 0 aliphatic carbocycles. The van der Waals surface area contributed by atoms with Gasteiger partial charge >= 0.3 is 12.1 Å². The number of nitrogens with two attached hydrogens (primary N) is 4. The van der Waals surface area contributed by atoms with Crippen molar-refractivity contribution < 1.29 is 58.5 Å². The first kappa shape index (κ1) is 61.7. The van der Waals surface area contributed by atoms with Crippen LogP contribution in [-0.4, -0.2) is 166 Å². The predicted molar refractivity (Wildman–Crippen MR) is 275 cm³/mol. The number of H-pyrrole nitrogens is 1. The Labute approximate surface area is 434 Å². The number of hydrogen-bond donors (Lipinski definition) is 16. The normalized spacial score (nSPS) is 13.9. The van der Waals surface area contributed by atoms with Crippen molar-refractivity contribution in [1.82, 2.24) is 57.8 Å². The number of para-hydroxylation sites is 1. The van der Waals surface area contributed by atoms with Gasteiger partial charge in [0.25, 0.3) is 5.91 Å². The Bertz CT molecular complexity index is 2380. The van der Waals surface area contributed by atoms with E-state index in [1.54, 1.807) is 44.3 Å². The Morgan fingerprint density at radius 3 is 1.73 bits per heavy atom. The number of hydrazine groups is 2. The number of aromatic nitrogens is 1. The highest BCUT2D eigenvalue weighted by molar-refractivity contribution is 5.97. The van der Waals surface area contributed by atoms with E-state index in [2.05, 4.69) is 47.7 Å². The molecular weight excluding hydrogens is 979 g/mol. The fraction of sp³-hybridized carbons (Fsp3) is 0.521. The van der Waals surface area contributed by atoms with Crippen LogP contribution < -0.4 is 65.7 Å². The number of nitrogens with zero attached hydrogens (tertiary/aromatic N) is 2. The number of aliphatic hydroxyl groups is 2. The number of hydrogen-bond acceptors (Lipinski definition) is 15. The molecule has 0 unspecified atom stereocenters. The minimum absolute atomic E-state index is 0.00304. The Hall–Kier alpha value is -7.59. The molecule has 0 spiro atoms. The number of urea groups is 2. The molecule has 3 aromatic rings. The van der Waals surface area contributed by atoms with Crippen molar-refractivity contribution in [2.45, 2.75) is 114 Å². The summed E-state index contributed by atoms with van der Waals surface area (Å²) in [6.07, 6.45) is 1.61. The summed E-state index contributed by atoms with van der Waals surface area (Å²) in [5, 5.41) is 47.7. The molecule has 7 atom stereocenters. The molecule has 0 bridgehead atoms. The maximum absolute atomic E-state index is 14.6. The Morgan fingerprint density at radius 1 is 0.653 bits per heavy atom. The van der Waals surface area contributed by atoms with Crippen LogP contribution in [0.2, 0.25) is 0 Å². The van der Waals surface area contributed by atoms with Crippen LogP contribution in [-0.2, 0) is 46.4 Å². The number of carbonyl (C=O) groups excluding carboxylic acids is 9. The highest BCUT2D eigenvalue weighted by Gasteiger charge is 2.34. The number of fused-ring (bicyclic) bond motifs is 1. The molecule has 11 amide bonds. The second-order valence-electron chi connectivity index (χ2n) is 18.3. The highest BCUT2D eigenvalue weighted by atomic mass is 16.3. The molecular formula is C48H75N15O12. The topological polar surface area (TPSA) is 437 Å². The fourth-order valence-corrected chi connectivity index (χ4v) is 7.39. The van der Waals surface area contributed by atoms with Crippen LogP contribution in [0.3, 0.4) is 0 Å². The molecule has 20 N–H and O–H groups in total. The van der Waals surface area contributed by atoms with Gasteiger partial charge in [-0.3, -0.25) is 39.0 Å². The van der Waals surface area contributed by atoms with Crippen LogP contribution in [0.4, 0.5) is 9.59 Å². The van der Waals surface area contributed by atoms with E-state index in [1.807, 2.05) is 0 Å². The van der Waals surface area contributed by atoms with Crippen molar-refractivity contribution in [1.29, 1.82) is 0 Å². The Morgan fingerprint density at radius 2 is 1.17 bits per heavy atom. The third-order valence-corrected chi connectivity index (χ3v) is 11.6. The van der Waals surface area contributed by atoms with E-state index in [0.717, 1.165) is 10.0 Å². The van der Waals surface area contributed by atoms with E-state index in [0.29, 0.717) is 47.7 Å². The number of amides is 11. The first-order valence-corrected chi connectivity index (χ1v) is 24.6. The van der Waals surface area contributed by atoms with Gasteiger partial charge in [-0.25, -0.2) is 25.0 Å². The Kier molecular flexibility index (Phi) is 25.7. The maximum atomic E-state index is 14.6. The van der Waals surface area contributed by atoms with E-state index < -0.39 is 109 Å². The first-order valence-electron chi connectivity index (χ1n) is 24.6. The number of aromatic hydroxyl groups is 1. The van der Waals surface area contributed by atoms with E-state index in [4.69, 9.17) is 22.9 Å². The lowest BCUT2D eigenvalue weighted by atomic mass is 10.0. The molecule has 1 heterocycles. The summed E-state index contributed by atoms with van der Waals surface area (Å²) in [6, 6.07) is 2.29. The van der Waals surface area contributed by atoms with Gasteiger partial charge in [-0.1, -0.05) is 44.2 Å². The summed E-state index contributed by atoms with van der Waals surface area (Å²) in [5.74, 6) is -6.53. The number of phenolic OH excluding ortho intramolecular Hbond substituents is 1. The minimum Gasteiger partial charge on any atom is -0.508 e. The summed E-state index contributed by atoms with van der Waals surface area (Å²) in [6.45, 7) is 3.86. The molecule has 27 heteroatoms. The lowest BCUT2D eigenvalue weighted by molar-refractivity contribution is -0.136. The number of aliphatic hydroxyl groups excluding tert-OH is 2. The van der Waals surface area contributed by atoms with Crippen molar-refractivity contribution >= 4 is 64.3 Å². The second kappa shape index (κ2) is 31.2. The maximum Gasteiger partial charge on any atom is 0.354 e. The van der Waals surface area contributed by atoms with Gasteiger partial charge < -0.3 is 75.1 Å². The fourth-order valence-electron chi connectivity index (χ4n) is 7.39. The van der Waals surface area contributed by atoms with E-state index in [-0.39, 0.29) is 57.0 Å². The summed E-state index contributed by atoms with van der Waals surface area (Å²) >= 11 is 0. The average molecular weight is 1050 g/mol. The van der Waals surface area contributed by atoms with Gasteiger partial charge in [-0.05, 0) is 93.8 Å². The molecule has 414 valence electrons. The number of nitrogens with one attached hydrogen (secondary N) is 9. The molecule has 3 rings (SSSR count). The van der Waals surface area contributed by atoms with E-state index >= 15 is 0 Å². The first-order chi connectivity index (χ1) is 35.6. The lowest BCUT2D eigenvalue weighted by Gasteiger charge is -2.29. The number of primary amides is 1. The average Bonchev–Trinajstić information content (AvgIpc) is 3.78. The zero-order valence-electron chi connectivity index (χ0n) is 42.7. The van der Waals surface area contributed by atoms with Gasteiger partial charge in [0.05, 0.1) is 19.3 Å². The number of carbonyl (C=O) groups is 9. The van der Waals surface area contributed by atoms with E-state index in [9.17, 15) is 58.5 Å². The largest absolute Gasteiger partial charge is 0.508 e. The van der Waals surface area contributed by atoms with Gasteiger partial charge in [-0.2, -0.15) is 0 Å². The minimum atomic E-state index is -1.69. The number of unbranched alkanes of at least 4 members (excludes halogenated alkanes) is 2. The van der Waals surface area contributed by atoms with Gasteiger partial charge in [0.2, 0.25) is 35.4 Å². The number of aromatic amines is 1. The number of rotatable bonds is 29. The third kappa shape index (κ3) is 20.7. The lowest BCUT2D eigenvalue weighted by Crippen LogP contribution is -2.62. The molecule has 27 nitrogen and oxygen atoms in total. The predicted octanol–water partition coefficient (Wildman–Crippen LogP) is -3.22. The van der Waals surface area contributed by atoms with Crippen LogP contribution in [0.1, 0.15) is 70.4 Å². The molecule has 0 saturated heterocycles. The molecule has 0 aliphatic heterocycles. The smallest absolute Gasteiger partial charge is 0.354 e. The molecule has 2 aromatic carbocycles. The van der Waals surface area contributed by atoms with Crippen molar-refractivity contribution in [3.8, 4) is 5.75 Å². The molecule has 0 fully saturated rings. The second-order valence-corrected chi connectivity index (χ2v) is 18.3. The molecule has 0 saturated carbocycles. The van der Waals surface area contributed by atoms with Crippen molar-refractivity contribution in [3.05, 3.63) is 65.9 Å². The standard InChI is InChI=1S/C48H75N15O12/c1-27(2)25-63(47(74)54-24-39(51)67)61-48(75)62(4)60-45(72)35(14-8-10-20-50)55-43(70)37(22-30-23-53-33-12-6-5-11-32(30)33)58-42(69)36(21-29-15-17-31(66)18-16-29)57-44(71)38(26-64)59-41(68)34(13-7-9-19-49)56-46(73)40(52)28(3)65/h5-6,11-12,15-18,23,27-28,34-38,40,53,64-66H,7-10,13-14,19-22,24-26,49-50,52H2,1-4H3,(H2,51,67)(H,54,74)(H,55,70)(H,56,73)(H,57,71)(H,58,69)(H,59,68)(H,60,72)(H,61,75)/t28-,34+,35+,36+,37+,38+,40+/m1/s1. The van der Waals surface area contributed by atoms with Crippen LogP contribution in [0, 0.1) is 5.92 Å².